The predicted molar refractivity (Wildman–Crippen MR) is 63.8 cm³/mol. The Morgan fingerprint density at radius 3 is 2.71 bits per heavy atom. The summed E-state index contributed by atoms with van der Waals surface area (Å²) in [7, 11) is 0. The van der Waals surface area contributed by atoms with Crippen molar-refractivity contribution < 1.29 is 14.7 Å². The molecule has 1 aliphatic rings. The highest BCUT2D eigenvalue weighted by Gasteiger charge is 2.29. The van der Waals surface area contributed by atoms with Gasteiger partial charge in [-0.25, -0.2) is 0 Å². The van der Waals surface area contributed by atoms with Gasteiger partial charge in [0.25, 0.3) is 0 Å². The van der Waals surface area contributed by atoms with E-state index in [2.05, 4.69) is 5.32 Å². The van der Waals surface area contributed by atoms with E-state index in [9.17, 15) is 9.59 Å². The Kier molecular flexibility index (Phi) is 3.13. The van der Waals surface area contributed by atoms with Crippen LogP contribution in [-0.4, -0.2) is 17.0 Å². The van der Waals surface area contributed by atoms with Crippen LogP contribution >= 0.6 is 0 Å². The number of carbonyl (C=O) groups excluding carboxylic acids is 1. The van der Waals surface area contributed by atoms with Gasteiger partial charge in [-0.3, -0.25) is 9.59 Å². The molecule has 1 atom stereocenters. The van der Waals surface area contributed by atoms with Crippen molar-refractivity contribution in [2.75, 3.05) is 5.32 Å². The topological polar surface area (TPSA) is 66.4 Å². The fourth-order valence-corrected chi connectivity index (χ4v) is 1.62. The van der Waals surface area contributed by atoms with E-state index in [1.165, 1.54) is 0 Å². The molecule has 1 aromatic rings. The number of hydrogen-bond acceptors (Lipinski definition) is 2. The van der Waals surface area contributed by atoms with Crippen LogP contribution in [-0.2, 0) is 9.59 Å². The van der Waals surface area contributed by atoms with Crippen molar-refractivity contribution in [2.45, 2.75) is 25.7 Å². The first-order valence-corrected chi connectivity index (χ1v) is 5.71. The molecular weight excluding hydrogens is 218 g/mol. The molecule has 17 heavy (non-hydrogen) atoms. The van der Waals surface area contributed by atoms with E-state index in [4.69, 9.17) is 5.11 Å². The van der Waals surface area contributed by atoms with Gasteiger partial charge in [-0.15, -0.1) is 0 Å². The van der Waals surface area contributed by atoms with Crippen LogP contribution in [0.25, 0.3) is 0 Å². The van der Waals surface area contributed by atoms with Gasteiger partial charge in [0.2, 0.25) is 5.91 Å². The monoisotopic (exact) mass is 233 g/mol. The van der Waals surface area contributed by atoms with Crippen LogP contribution in [0.3, 0.4) is 0 Å². The van der Waals surface area contributed by atoms with Gasteiger partial charge in [0.05, 0.1) is 5.92 Å². The zero-order chi connectivity index (χ0) is 12.4. The van der Waals surface area contributed by atoms with Gasteiger partial charge in [-0.2, -0.15) is 0 Å². The van der Waals surface area contributed by atoms with E-state index in [-0.39, 0.29) is 11.8 Å². The van der Waals surface area contributed by atoms with Crippen molar-refractivity contribution in [3.05, 3.63) is 29.8 Å². The Bertz CT molecular complexity index is 452. The molecule has 1 fully saturated rings. The first-order valence-electron chi connectivity index (χ1n) is 5.71. The Labute approximate surface area is 99.6 Å². The first kappa shape index (κ1) is 11.6. The molecule has 0 saturated heterocycles. The zero-order valence-electron chi connectivity index (χ0n) is 9.64. The SMILES string of the molecule is CC(C(=O)O)c1cccc(NC(=O)C2CC2)c1. The lowest BCUT2D eigenvalue weighted by Crippen LogP contribution is -2.14. The van der Waals surface area contributed by atoms with Crippen LogP contribution in [0.15, 0.2) is 24.3 Å². The lowest BCUT2D eigenvalue weighted by molar-refractivity contribution is -0.138. The second kappa shape index (κ2) is 4.57. The summed E-state index contributed by atoms with van der Waals surface area (Å²) in [4.78, 5) is 22.4. The maximum atomic E-state index is 11.6. The average Bonchev–Trinajstić information content (AvgIpc) is 3.12. The molecule has 1 saturated carbocycles. The minimum absolute atomic E-state index is 0.0325. The lowest BCUT2D eigenvalue weighted by atomic mass is 10.0. The lowest BCUT2D eigenvalue weighted by Gasteiger charge is -2.09. The second-order valence-electron chi connectivity index (χ2n) is 4.45. The average molecular weight is 233 g/mol. The molecule has 1 amide bonds. The molecule has 2 N–H and O–H groups in total. The number of anilines is 1. The Morgan fingerprint density at radius 2 is 2.12 bits per heavy atom. The molecule has 1 unspecified atom stereocenters. The maximum absolute atomic E-state index is 11.6. The third-order valence-corrected chi connectivity index (χ3v) is 2.97. The van der Waals surface area contributed by atoms with Crippen molar-refractivity contribution in [3.63, 3.8) is 0 Å². The Balaban J connectivity index is 2.10. The van der Waals surface area contributed by atoms with Gasteiger partial charge in [0, 0.05) is 11.6 Å². The summed E-state index contributed by atoms with van der Waals surface area (Å²) in [6.45, 7) is 1.63. The molecule has 1 aliphatic carbocycles. The smallest absolute Gasteiger partial charge is 0.310 e. The largest absolute Gasteiger partial charge is 0.481 e. The first-order chi connectivity index (χ1) is 8.08. The van der Waals surface area contributed by atoms with Gasteiger partial charge in [-0.1, -0.05) is 12.1 Å². The maximum Gasteiger partial charge on any atom is 0.310 e. The van der Waals surface area contributed by atoms with Gasteiger partial charge in [0.1, 0.15) is 0 Å². The number of rotatable bonds is 4. The molecule has 0 aliphatic heterocycles. The van der Waals surface area contributed by atoms with Gasteiger partial charge >= 0.3 is 5.97 Å². The highest BCUT2D eigenvalue weighted by Crippen LogP contribution is 2.30. The predicted octanol–water partition coefficient (Wildman–Crippen LogP) is 2.22. The number of carbonyl (C=O) groups is 2. The number of amides is 1. The summed E-state index contributed by atoms with van der Waals surface area (Å²) in [6, 6.07) is 7.01. The fourth-order valence-electron chi connectivity index (χ4n) is 1.62. The number of nitrogens with one attached hydrogen (secondary N) is 1. The van der Waals surface area contributed by atoms with Gasteiger partial charge in [-0.05, 0) is 37.5 Å². The van der Waals surface area contributed by atoms with Crippen LogP contribution in [0.5, 0.6) is 0 Å². The molecule has 2 rings (SSSR count). The summed E-state index contributed by atoms with van der Waals surface area (Å²) in [5.74, 6) is -1.25. The number of carboxylic acids is 1. The molecule has 0 heterocycles. The van der Waals surface area contributed by atoms with E-state index >= 15 is 0 Å². The molecule has 4 heteroatoms. The van der Waals surface area contributed by atoms with Crippen LogP contribution in [0.1, 0.15) is 31.2 Å². The third-order valence-electron chi connectivity index (χ3n) is 2.97. The van der Waals surface area contributed by atoms with Crippen molar-refractivity contribution in [3.8, 4) is 0 Å². The van der Waals surface area contributed by atoms with E-state index in [0.29, 0.717) is 11.3 Å². The molecule has 1 aromatic carbocycles. The summed E-state index contributed by atoms with van der Waals surface area (Å²) in [5, 5.41) is 11.7. The third kappa shape index (κ3) is 2.84. The summed E-state index contributed by atoms with van der Waals surface area (Å²) in [6.07, 6.45) is 1.91. The number of aliphatic carboxylic acids is 1. The minimum atomic E-state index is -0.865. The Hall–Kier alpha value is -1.84. The molecular formula is C13H15NO3. The zero-order valence-corrected chi connectivity index (χ0v) is 9.64. The second-order valence-corrected chi connectivity index (χ2v) is 4.45. The highest BCUT2D eigenvalue weighted by atomic mass is 16.4. The van der Waals surface area contributed by atoms with E-state index in [0.717, 1.165) is 12.8 Å². The Morgan fingerprint density at radius 1 is 1.41 bits per heavy atom. The molecule has 0 bridgehead atoms. The fraction of sp³-hybridized carbons (Fsp3) is 0.385. The molecule has 90 valence electrons. The quantitative estimate of drug-likeness (QED) is 0.838. The summed E-state index contributed by atoms with van der Waals surface area (Å²) in [5.41, 5.74) is 1.37. The highest BCUT2D eigenvalue weighted by molar-refractivity contribution is 5.94. The standard InChI is InChI=1S/C13H15NO3/c1-8(13(16)17)10-3-2-4-11(7-10)14-12(15)9-5-6-9/h2-4,7-9H,5-6H2,1H3,(H,14,15)(H,16,17). The molecule has 0 radical (unpaired) electrons. The normalized spacial score (nSPS) is 16.3. The molecule has 0 spiro atoms. The van der Waals surface area contributed by atoms with E-state index in [1.807, 2.05) is 0 Å². The van der Waals surface area contributed by atoms with Crippen molar-refractivity contribution in [2.24, 2.45) is 5.92 Å². The van der Waals surface area contributed by atoms with Crippen LogP contribution < -0.4 is 5.32 Å². The van der Waals surface area contributed by atoms with Crippen molar-refractivity contribution in [1.82, 2.24) is 0 Å². The van der Waals surface area contributed by atoms with Crippen LogP contribution in [0.4, 0.5) is 5.69 Å². The minimum Gasteiger partial charge on any atom is -0.481 e. The van der Waals surface area contributed by atoms with Crippen LogP contribution in [0, 0.1) is 5.92 Å². The van der Waals surface area contributed by atoms with Gasteiger partial charge in [0.15, 0.2) is 0 Å². The van der Waals surface area contributed by atoms with Crippen molar-refractivity contribution in [1.29, 1.82) is 0 Å². The van der Waals surface area contributed by atoms with Crippen molar-refractivity contribution >= 4 is 17.6 Å². The summed E-state index contributed by atoms with van der Waals surface area (Å²) < 4.78 is 0. The van der Waals surface area contributed by atoms with E-state index < -0.39 is 11.9 Å². The van der Waals surface area contributed by atoms with E-state index in [1.54, 1.807) is 31.2 Å². The number of benzene rings is 1. The molecule has 0 aromatic heterocycles. The van der Waals surface area contributed by atoms with Crippen LogP contribution in [0.2, 0.25) is 0 Å². The summed E-state index contributed by atoms with van der Waals surface area (Å²) >= 11 is 0. The number of hydrogen-bond donors (Lipinski definition) is 2. The number of carboxylic acid groups (broad SMARTS) is 1. The van der Waals surface area contributed by atoms with Gasteiger partial charge < -0.3 is 10.4 Å². The molecule has 4 nitrogen and oxygen atoms in total.